The van der Waals surface area contributed by atoms with Gasteiger partial charge in [-0.15, -0.1) is 0 Å². The topological polar surface area (TPSA) is 171 Å². The first kappa shape index (κ1) is 34.4. The SMILES string of the molecule is C=CC(=O)N1CCN([C@H](C(=O)N[C@H]2Cc3cc(O)cc(c3)-c3ccc4nccc(c4c3)OCCOC(=O)[C@@H]3CCCN(N3)C2=O)C(C)C)C1=O. The lowest BCUT2D eigenvalue weighted by Gasteiger charge is -2.36. The molecule has 14 nitrogen and oxygen atoms in total. The van der Waals surface area contributed by atoms with Crippen molar-refractivity contribution < 1.29 is 38.6 Å². The number of esters is 1. The molecule has 6 rings (SSSR count). The van der Waals surface area contributed by atoms with Crippen molar-refractivity contribution in [2.45, 2.75) is 51.2 Å². The van der Waals surface area contributed by atoms with E-state index in [0.29, 0.717) is 35.2 Å². The molecular weight excluding hydrogens is 644 g/mol. The Kier molecular flexibility index (Phi) is 10.00. The van der Waals surface area contributed by atoms with E-state index in [4.69, 9.17) is 9.47 Å². The number of imide groups is 1. The van der Waals surface area contributed by atoms with Gasteiger partial charge in [-0.1, -0.05) is 32.6 Å². The van der Waals surface area contributed by atoms with Crippen LogP contribution < -0.4 is 15.5 Å². The number of benzene rings is 2. The first-order valence-electron chi connectivity index (χ1n) is 16.7. The highest BCUT2D eigenvalue weighted by molar-refractivity contribution is 6.02. The molecule has 6 bridgehead atoms. The summed E-state index contributed by atoms with van der Waals surface area (Å²) < 4.78 is 11.5. The number of phenolic OH excluding ortho intramolecular Hbond substituents is 1. The smallest absolute Gasteiger partial charge is 0.327 e. The predicted octanol–water partition coefficient (Wildman–Crippen LogP) is 2.54. The minimum Gasteiger partial charge on any atom is -0.508 e. The average molecular weight is 685 g/mol. The molecule has 262 valence electrons. The molecule has 3 aromatic rings. The largest absolute Gasteiger partial charge is 0.508 e. The fourth-order valence-corrected chi connectivity index (χ4v) is 6.71. The Bertz CT molecular complexity index is 1850. The Morgan fingerprint density at radius 2 is 1.84 bits per heavy atom. The molecule has 2 aromatic carbocycles. The number of aromatic nitrogens is 1. The van der Waals surface area contributed by atoms with Gasteiger partial charge in [-0.2, -0.15) is 0 Å². The molecule has 2 saturated heterocycles. The number of fused-ring (bicyclic) bond motifs is 6. The van der Waals surface area contributed by atoms with Gasteiger partial charge in [0.2, 0.25) is 5.91 Å². The Hall–Kier alpha value is -5.50. The van der Waals surface area contributed by atoms with Crippen LogP contribution in [0.1, 0.15) is 32.3 Å². The van der Waals surface area contributed by atoms with E-state index in [9.17, 15) is 29.1 Å². The van der Waals surface area contributed by atoms with E-state index in [1.807, 2.05) is 24.3 Å². The summed E-state index contributed by atoms with van der Waals surface area (Å²) >= 11 is 0. The highest BCUT2D eigenvalue weighted by Gasteiger charge is 2.42. The van der Waals surface area contributed by atoms with Crippen molar-refractivity contribution in [1.29, 1.82) is 0 Å². The lowest BCUT2D eigenvalue weighted by Crippen LogP contribution is -2.62. The summed E-state index contributed by atoms with van der Waals surface area (Å²) in [4.78, 5) is 73.6. The van der Waals surface area contributed by atoms with Crippen molar-refractivity contribution in [2.75, 3.05) is 32.8 Å². The Labute approximate surface area is 289 Å². The lowest BCUT2D eigenvalue weighted by atomic mass is 9.96. The second kappa shape index (κ2) is 14.5. The van der Waals surface area contributed by atoms with E-state index < -0.39 is 47.8 Å². The lowest BCUT2D eigenvalue weighted by molar-refractivity contribution is -0.153. The number of hydrazine groups is 1. The number of carbonyl (C=O) groups is 5. The summed E-state index contributed by atoms with van der Waals surface area (Å²) in [6.07, 6.45) is 3.59. The summed E-state index contributed by atoms with van der Waals surface area (Å²) in [7, 11) is 0. The van der Waals surface area contributed by atoms with E-state index in [2.05, 4.69) is 22.3 Å². The maximum atomic E-state index is 14.2. The molecule has 14 heteroatoms. The molecule has 0 saturated carbocycles. The number of amides is 5. The summed E-state index contributed by atoms with van der Waals surface area (Å²) in [5.74, 6) is -2.05. The van der Waals surface area contributed by atoms with Crippen LogP contribution in [0.15, 0.2) is 61.3 Å². The molecule has 0 aliphatic carbocycles. The highest BCUT2D eigenvalue weighted by atomic mass is 16.6. The fourth-order valence-electron chi connectivity index (χ4n) is 6.71. The molecule has 50 heavy (non-hydrogen) atoms. The number of hydrogen-bond acceptors (Lipinski definition) is 10. The second-order valence-electron chi connectivity index (χ2n) is 12.9. The molecule has 0 unspecified atom stereocenters. The molecular formula is C36H40N6O8. The maximum absolute atomic E-state index is 14.2. The first-order chi connectivity index (χ1) is 24.0. The minimum absolute atomic E-state index is 0.0231. The summed E-state index contributed by atoms with van der Waals surface area (Å²) in [6.45, 7) is 7.58. The van der Waals surface area contributed by atoms with Gasteiger partial charge in [0.15, 0.2) is 0 Å². The first-order valence-corrected chi connectivity index (χ1v) is 16.7. The standard InChI is InChI=1S/C36H40N6O8/c1-4-31(44)40-12-13-41(36(40)48)32(21(2)3)33(45)38-29-18-22-16-24(19-25(43)17-22)23-7-8-27-26(20-23)30(9-10-37-27)49-14-15-50-35(47)28-6-5-11-42(39-28)34(29)46/h4,7-10,16-17,19-21,28-29,32,39,43H,1,5-6,11-15,18H2,2-3H3,(H,38,45)/t28-,29-,32-/m0/s1. The summed E-state index contributed by atoms with van der Waals surface area (Å²) in [5.41, 5.74) is 5.63. The highest BCUT2D eigenvalue weighted by Crippen LogP contribution is 2.32. The van der Waals surface area contributed by atoms with Crippen molar-refractivity contribution in [1.82, 2.24) is 30.5 Å². The molecule has 0 spiro atoms. The normalized spacial score (nSPS) is 20.6. The number of nitrogens with zero attached hydrogens (tertiary/aromatic N) is 4. The Morgan fingerprint density at radius 3 is 2.62 bits per heavy atom. The molecule has 2 fully saturated rings. The van der Waals surface area contributed by atoms with Gasteiger partial charge in [0.25, 0.3) is 11.8 Å². The van der Waals surface area contributed by atoms with Crippen molar-refractivity contribution in [2.24, 2.45) is 5.92 Å². The van der Waals surface area contributed by atoms with Gasteiger partial charge in [-0.05, 0) is 71.9 Å². The van der Waals surface area contributed by atoms with Crippen LogP contribution in [-0.4, -0.2) is 106 Å². The number of carbonyl (C=O) groups excluding carboxylic acids is 5. The fraction of sp³-hybridized carbons (Fsp3) is 0.389. The van der Waals surface area contributed by atoms with Crippen LogP contribution in [0.5, 0.6) is 11.5 Å². The van der Waals surface area contributed by atoms with Crippen LogP contribution in [0, 0.1) is 5.92 Å². The summed E-state index contributed by atoms with van der Waals surface area (Å²) in [5, 5.41) is 15.8. The van der Waals surface area contributed by atoms with Gasteiger partial charge in [-0.3, -0.25) is 34.1 Å². The number of cyclic esters (lactones) is 1. The predicted molar refractivity (Wildman–Crippen MR) is 181 cm³/mol. The minimum atomic E-state index is -1.16. The molecule has 0 radical (unpaired) electrons. The quantitative estimate of drug-likeness (QED) is 0.268. The summed E-state index contributed by atoms with van der Waals surface area (Å²) in [6, 6.07) is 8.70. The van der Waals surface area contributed by atoms with Gasteiger partial charge in [-0.25, -0.2) is 10.2 Å². The molecule has 3 aliphatic rings. The number of hydrogen-bond donors (Lipinski definition) is 3. The third-order valence-corrected chi connectivity index (χ3v) is 9.11. The van der Waals surface area contributed by atoms with Gasteiger partial charge in [0.05, 0.1) is 5.52 Å². The number of ether oxygens (including phenoxy) is 2. The van der Waals surface area contributed by atoms with E-state index in [1.54, 1.807) is 32.2 Å². The Morgan fingerprint density at radius 1 is 1.04 bits per heavy atom. The number of nitrogens with one attached hydrogen (secondary N) is 2. The molecule has 4 heterocycles. The van der Waals surface area contributed by atoms with Crippen LogP contribution in [0.3, 0.4) is 0 Å². The third-order valence-electron chi connectivity index (χ3n) is 9.11. The van der Waals surface area contributed by atoms with Crippen molar-refractivity contribution >= 4 is 40.6 Å². The van der Waals surface area contributed by atoms with Gasteiger partial charge in [0.1, 0.15) is 42.8 Å². The number of aromatic hydroxyl groups is 1. The molecule has 5 amide bonds. The van der Waals surface area contributed by atoms with E-state index in [1.165, 1.54) is 16.0 Å². The number of rotatable bonds is 5. The third kappa shape index (κ3) is 7.10. The van der Waals surface area contributed by atoms with Gasteiger partial charge >= 0.3 is 12.0 Å². The van der Waals surface area contributed by atoms with Crippen LogP contribution in [0.25, 0.3) is 22.0 Å². The van der Waals surface area contributed by atoms with E-state index in [0.717, 1.165) is 21.9 Å². The van der Waals surface area contributed by atoms with Crippen LogP contribution in [0.4, 0.5) is 4.79 Å². The van der Waals surface area contributed by atoms with E-state index >= 15 is 0 Å². The van der Waals surface area contributed by atoms with Crippen molar-refractivity contribution in [3.05, 3.63) is 66.9 Å². The molecule has 3 aliphatic heterocycles. The zero-order chi connectivity index (χ0) is 35.5. The molecule has 3 N–H and O–H groups in total. The average Bonchev–Trinajstić information content (AvgIpc) is 3.48. The second-order valence-corrected chi connectivity index (χ2v) is 12.9. The van der Waals surface area contributed by atoms with Crippen molar-refractivity contribution in [3.63, 3.8) is 0 Å². The van der Waals surface area contributed by atoms with Crippen LogP contribution in [-0.2, 0) is 30.3 Å². The molecule has 3 atom stereocenters. The zero-order valence-electron chi connectivity index (χ0n) is 28.0. The zero-order valence-corrected chi connectivity index (χ0v) is 28.0. The van der Waals surface area contributed by atoms with Gasteiger partial charge < -0.3 is 24.8 Å². The van der Waals surface area contributed by atoms with Crippen LogP contribution >= 0.6 is 0 Å². The molecule has 1 aromatic heterocycles. The number of phenols is 1. The Balaban J connectivity index is 1.37. The number of urea groups is 1. The number of pyridine rings is 1. The van der Waals surface area contributed by atoms with Gasteiger partial charge in [0, 0.05) is 37.6 Å². The van der Waals surface area contributed by atoms with E-state index in [-0.39, 0.29) is 50.9 Å². The monoisotopic (exact) mass is 684 g/mol. The maximum Gasteiger partial charge on any atom is 0.327 e. The van der Waals surface area contributed by atoms with Crippen molar-refractivity contribution in [3.8, 4) is 22.6 Å². The van der Waals surface area contributed by atoms with Crippen LogP contribution in [0.2, 0.25) is 0 Å².